The summed E-state index contributed by atoms with van der Waals surface area (Å²) < 4.78 is 36.7. The molecule has 0 radical (unpaired) electrons. The second-order valence-electron chi connectivity index (χ2n) is 5.98. The molecule has 142 valence electrons. The van der Waals surface area contributed by atoms with Crippen LogP contribution in [0.2, 0.25) is 0 Å². The lowest BCUT2D eigenvalue weighted by molar-refractivity contribution is -0.132. The third-order valence-corrected chi connectivity index (χ3v) is 3.96. The molecule has 0 saturated carbocycles. The summed E-state index contributed by atoms with van der Waals surface area (Å²) in [4.78, 5) is 6.63. The van der Waals surface area contributed by atoms with Crippen LogP contribution in [-0.4, -0.2) is 38.8 Å². The van der Waals surface area contributed by atoms with Gasteiger partial charge in [-0.05, 0) is 37.0 Å². The van der Waals surface area contributed by atoms with Gasteiger partial charge in [0.2, 0.25) is 0 Å². The third-order valence-electron chi connectivity index (χ3n) is 3.96. The van der Waals surface area contributed by atoms with Crippen LogP contribution in [0.4, 0.5) is 18.9 Å². The maximum Gasteiger partial charge on any atom is 0.390 e. The number of hydrogen-bond acceptors (Lipinski definition) is 2. The molecule has 0 unspecified atom stereocenters. The normalized spacial score (nSPS) is 14.6. The Labute approximate surface area is 164 Å². The second-order valence-corrected chi connectivity index (χ2v) is 5.98. The Morgan fingerprint density at radius 2 is 2.04 bits per heavy atom. The Hall–Kier alpha value is -1.19. The number of hydrogen-bond donors (Lipinski definition) is 2. The topological polar surface area (TPSA) is 39.7 Å². The maximum atomic E-state index is 12.2. The van der Waals surface area contributed by atoms with Gasteiger partial charge in [0.25, 0.3) is 0 Å². The Balaban J connectivity index is 0.00000312. The van der Waals surface area contributed by atoms with E-state index >= 15 is 0 Å². The summed E-state index contributed by atoms with van der Waals surface area (Å²) in [5, 5.41) is 5.70. The van der Waals surface area contributed by atoms with Crippen molar-refractivity contribution in [2.45, 2.75) is 38.9 Å². The fraction of sp³-hybridized carbons (Fsp3) is 0.588. The molecule has 1 aromatic carbocycles. The summed E-state index contributed by atoms with van der Waals surface area (Å²) in [6, 6.07) is 6.28. The van der Waals surface area contributed by atoms with Gasteiger partial charge in [0.1, 0.15) is 0 Å². The quantitative estimate of drug-likeness (QED) is 0.392. The molecular weight excluding hydrogens is 444 g/mol. The zero-order chi connectivity index (χ0) is 17.6. The molecule has 1 aliphatic heterocycles. The van der Waals surface area contributed by atoms with Crippen LogP contribution in [0, 0.1) is 0 Å². The van der Waals surface area contributed by atoms with Crippen molar-refractivity contribution in [1.29, 1.82) is 0 Å². The van der Waals surface area contributed by atoms with Crippen LogP contribution in [-0.2, 0) is 13.0 Å². The molecule has 8 heteroatoms. The standard InChI is InChI=1S/C17H25F3N4.HI/c1-3-21-16(22-9-8-17(18,19)20)23-12-13-6-7-15-14(11-13)5-4-10-24(15)2;/h6-7,11H,3-5,8-10,12H2,1-2H3,(H2,21,22,23);1H. The van der Waals surface area contributed by atoms with Crippen molar-refractivity contribution in [1.82, 2.24) is 10.6 Å². The zero-order valence-electron chi connectivity index (χ0n) is 14.6. The van der Waals surface area contributed by atoms with Crippen molar-refractivity contribution in [2.75, 3.05) is 31.6 Å². The summed E-state index contributed by atoms with van der Waals surface area (Å²) in [5.74, 6) is 0.414. The van der Waals surface area contributed by atoms with Crippen molar-refractivity contribution in [3.05, 3.63) is 29.3 Å². The average Bonchev–Trinajstić information content (AvgIpc) is 2.51. The molecule has 1 aromatic rings. The highest BCUT2D eigenvalue weighted by Gasteiger charge is 2.26. The van der Waals surface area contributed by atoms with Crippen LogP contribution in [0.5, 0.6) is 0 Å². The number of nitrogens with zero attached hydrogens (tertiary/aromatic N) is 2. The fourth-order valence-electron chi connectivity index (χ4n) is 2.77. The van der Waals surface area contributed by atoms with E-state index in [0.29, 0.717) is 19.0 Å². The lowest BCUT2D eigenvalue weighted by Gasteiger charge is -2.27. The van der Waals surface area contributed by atoms with Crippen LogP contribution in [0.1, 0.15) is 30.9 Å². The van der Waals surface area contributed by atoms with E-state index in [2.05, 4.69) is 39.7 Å². The lowest BCUT2D eigenvalue weighted by Crippen LogP contribution is -2.38. The van der Waals surface area contributed by atoms with E-state index in [1.807, 2.05) is 13.0 Å². The minimum Gasteiger partial charge on any atom is -0.374 e. The average molecular weight is 470 g/mol. The first-order valence-electron chi connectivity index (χ1n) is 8.31. The van der Waals surface area contributed by atoms with E-state index < -0.39 is 12.6 Å². The summed E-state index contributed by atoms with van der Waals surface area (Å²) in [6.45, 7) is 3.82. The third kappa shape index (κ3) is 7.29. The number of aryl methyl sites for hydroxylation is 1. The largest absolute Gasteiger partial charge is 0.390 e. The molecule has 0 aromatic heterocycles. The molecule has 4 nitrogen and oxygen atoms in total. The van der Waals surface area contributed by atoms with Crippen LogP contribution in [0.25, 0.3) is 0 Å². The molecule has 0 saturated heterocycles. The van der Waals surface area contributed by atoms with Gasteiger partial charge in [-0.2, -0.15) is 13.2 Å². The van der Waals surface area contributed by atoms with Crippen molar-refractivity contribution >= 4 is 35.6 Å². The van der Waals surface area contributed by atoms with Gasteiger partial charge in [0.05, 0.1) is 13.0 Å². The minimum absolute atomic E-state index is 0. The zero-order valence-corrected chi connectivity index (χ0v) is 16.9. The highest BCUT2D eigenvalue weighted by Crippen LogP contribution is 2.27. The number of halogens is 4. The molecule has 0 spiro atoms. The number of guanidine groups is 1. The molecule has 25 heavy (non-hydrogen) atoms. The number of nitrogens with one attached hydrogen (secondary N) is 2. The number of anilines is 1. The SMILES string of the molecule is CCNC(=NCc1ccc2c(c1)CCCN2C)NCCC(F)(F)F.I. The van der Waals surface area contributed by atoms with Gasteiger partial charge in [-0.3, -0.25) is 0 Å². The molecule has 0 fully saturated rings. The number of fused-ring (bicyclic) bond motifs is 1. The molecule has 1 heterocycles. The lowest BCUT2D eigenvalue weighted by atomic mass is 10.00. The van der Waals surface area contributed by atoms with Crippen LogP contribution in [0.3, 0.4) is 0 Å². The van der Waals surface area contributed by atoms with Gasteiger partial charge in [0, 0.05) is 32.4 Å². The number of benzene rings is 1. The second kappa shape index (κ2) is 10.1. The summed E-state index contributed by atoms with van der Waals surface area (Å²) in [6.07, 6.45) is -2.84. The van der Waals surface area contributed by atoms with Gasteiger partial charge in [-0.15, -0.1) is 24.0 Å². The van der Waals surface area contributed by atoms with Gasteiger partial charge >= 0.3 is 6.18 Å². The van der Waals surface area contributed by atoms with Gasteiger partial charge in [0.15, 0.2) is 5.96 Å². The highest BCUT2D eigenvalue weighted by molar-refractivity contribution is 14.0. The maximum absolute atomic E-state index is 12.2. The molecule has 1 aliphatic rings. The van der Waals surface area contributed by atoms with E-state index in [1.165, 1.54) is 11.3 Å². The predicted octanol–water partition coefficient (Wildman–Crippen LogP) is 3.69. The van der Waals surface area contributed by atoms with Crippen LogP contribution in [0.15, 0.2) is 23.2 Å². The Morgan fingerprint density at radius 1 is 1.28 bits per heavy atom. The van der Waals surface area contributed by atoms with E-state index in [9.17, 15) is 13.2 Å². The minimum atomic E-state index is -4.16. The molecule has 2 N–H and O–H groups in total. The van der Waals surface area contributed by atoms with Crippen molar-refractivity contribution in [2.24, 2.45) is 4.99 Å². The van der Waals surface area contributed by atoms with Crippen LogP contribution >= 0.6 is 24.0 Å². The van der Waals surface area contributed by atoms with E-state index in [4.69, 9.17) is 0 Å². The predicted molar refractivity (Wildman–Crippen MR) is 107 cm³/mol. The van der Waals surface area contributed by atoms with Gasteiger partial charge < -0.3 is 15.5 Å². The molecule has 0 bridgehead atoms. The molecular formula is C17H26F3IN4. The van der Waals surface area contributed by atoms with Crippen molar-refractivity contribution in [3.8, 4) is 0 Å². The number of alkyl halides is 3. The molecule has 0 amide bonds. The van der Waals surface area contributed by atoms with Crippen molar-refractivity contribution in [3.63, 3.8) is 0 Å². The molecule has 0 atom stereocenters. The summed E-state index contributed by atoms with van der Waals surface area (Å²) >= 11 is 0. The van der Waals surface area contributed by atoms with Crippen LogP contribution < -0.4 is 15.5 Å². The monoisotopic (exact) mass is 470 g/mol. The Kier molecular flexibility index (Phi) is 8.81. The van der Waals surface area contributed by atoms with Crippen molar-refractivity contribution < 1.29 is 13.2 Å². The van der Waals surface area contributed by atoms with E-state index in [-0.39, 0.29) is 30.5 Å². The smallest absolute Gasteiger partial charge is 0.374 e. The Bertz CT molecular complexity index is 576. The Morgan fingerprint density at radius 3 is 2.72 bits per heavy atom. The first-order valence-corrected chi connectivity index (χ1v) is 8.31. The van der Waals surface area contributed by atoms with E-state index in [1.54, 1.807) is 0 Å². The fourth-order valence-corrected chi connectivity index (χ4v) is 2.77. The van der Waals surface area contributed by atoms with E-state index in [0.717, 1.165) is 24.9 Å². The van der Waals surface area contributed by atoms with Gasteiger partial charge in [-0.1, -0.05) is 12.1 Å². The van der Waals surface area contributed by atoms with Gasteiger partial charge in [-0.25, -0.2) is 4.99 Å². The number of rotatable bonds is 5. The first kappa shape index (κ1) is 21.9. The number of aliphatic imine (C=N–C) groups is 1. The summed E-state index contributed by atoms with van der Waals surface area (Å²) in [5.41, 5.74) is 3.63. The summed E-state index contributed by atoms with van der Waals surface area (Å²) in [7, 11) is 2.09. The highest BCUT2D eigenvalue weighted by atomic mass is 127. The molecule has 2 rings (SSSR count). The first-order chi connectivity index (χ1) is 11.4. The molecule has 0 aliphatic carbocycles.